The lowest BCUT2D eigenvalue weighted by molar-refractivity contribution is -0.128. The Bertz CT molecular complexity index is 435. The van der Waals surface area contributed by atoms with Gasteiger partial charge in [-0.3, -0.25) is 4.79 Å². The largest absolute Gasteiger partial charge is 0.384 e. The average Bonchev–Trinajstić information content (AvgIpc) is 2.30. The summed E-state index contributed by atoms with van der Waals surface area (Å²) in [5.41, 5.74) is 1.25. The first-order valence-corrected chi connectivity index (χ1v) is 6.19. The lowest BCUT2D eigenvalue weighted by Crippen LogP contribution is -2.22. The van der Waals surface area contributed by atoms with Crippen LogP contribution in [-0.4, -0.2) is 31.4 Å². The third-order valence-corrected chi connectivity index (χ3v) is 2.94. The molecule has 1 aromatic rings. The Morgan fingerprint density at radius 2 is 2.11 bits per heavy atom. The van der Waals surface area contributed by atoms with Crippen molar-refractivity contribution in [2.24, 2.45) is 0 Å². The number of rotatable bonds is 5. The predicted molar refractivity (Wildman–Crippen MR) is 72.6 cm³/mol. The molecule has 0 radical (unpaired) electrons. The van der Waals surface area contributed by atoms with Crippen molar-refractivity contribution in [1.29, 1.82) is 0 Å². The third kappa shape index (κ3) is 4.18. The van der Waals surface area contributed by atoms with Gasteiger partial charge in [0, 0.05) is 27.1 Å². The number of amides is 1. The molecule has 0 aliphatic heterocycles. The maximum absolute atomic E-state index is 13.2. The summed E-state index contributed by atoms with van der Waals surface area (Å²) in [5.74, 6) is -0.216. The van der Waals surface area contributed by atoms with E-state index in [1.54, 1.807) is 32.0 Å². The molecular formula is C13H18ClFN2O. The summed E-state index contributed by atoms with van der Waals surface area (Å²) in [7, 11) is 3.46. The number of anilines is 1. The molecule has 0 saturated carbocycles. The van der Waals surface area contributed by atoms with Gasteiger partial charge >= 0.3 is 0 Å². The zero-order valence-corrected chi connectivity index (χ0v) is 11.6. The molecule has 1 aromatic carbocycles. The van der Waals surface area contributed by atoms with E-state index in [2.05, 4.69) is 5.32 Å². The Labute approximate surface area is 112 Å². The molecule has 5 heteroatoms. The van der Waals surface area contributed by atoms with Crippen molar-refractivity contribution < 1.29 is 9.18 Å². The number of hydrogen-bond acceptors (Lipinski definition) is 2. The maximum Gasteiger partial charge on any atom is 0.222 e. The van der Waals surface area contributed by atoms with Gasteiger partial charge in [0.15, 0.2) is 0 Å². The molecular weight excluding hydrogens is 255 g/mol. The molecule has 0 bridgehead atoms. The van der Waals surface area contributed by atoms with Crippen LogP contribution in [-0.2, 0) is 4.79 Å². The molecule has 18 heavy (non-hydrogen) atoms. The van der Waals surface area contributed by atoms with E-state index in [1.165, 1.54) is 6.07 Å². The quantitative estimate of drug-likeness (QED) is 0.836. The average molecular weight is 273 g/mol. The van der Waals surface area contributed by atoms with Gasteiger partial charge in [0.1, 0.15) is 5.82 Å². The van der Waals surface area contributed by atoms with Crippen LogP contribution in [0, 0.1) is 12.7 Å². The summed E-state index contributed by atoms with van der Waals surface area (Å²) in [6, 6.07) is 2.97. The van der Waals surface area contributed by atoms with Gasteiger partial charge in [-0.2, -0.15) is 0 Å². The molecule has 0 aliphatic carbocycles. The highest BCUT2D eigenvalue weighted by molar-refractivity contribution is 6.33. The number of nitrogens with one attached hydrogen (secondary N) is 1. The third-order valence-electron chi connectivity index (χ3n) is 2.63. The van der Waals surface area contributed by atoms with Crippen molar-refractivity contribution in [1.82, 2.24) is 4.90 Å². The number of nitrogens with zero attached hydrogens (tertiary/aromatic N) is 1. The lowest BCUT2D eigenvalue weighted by Gasteiger charge is -2.12. The fourth-order valence-corrected chi connectivity index (χ4v) is 1.70. The first-order chi connectivity index (χ1) is 8.41. The van der Waals surface area contributed by atoms with Crippen LogP contribution in [0.2, 0.25) is 5.02 Å². The minimum Gasteiger partial charge on any atom is -0.384 e. The fourth-order valence-electron chi connectivity index (χ4n) is 1.48. The molecule has 0 heterocycles. The summed E-state index contributed by atoms with van der Waals surface area (Å²) >= 11 is 5.92. The normalized spacial score (nSPS) is 10.3. The van der Waals surface area contributed by atoms with Crippen molar-refractivity contribution in [2.45, 2.75) is 19.8 Å². The monoisotopic (exact) mass is 272 g/mol. The van der Waals surface area contributed by atoms with Crippen molar-refractivity contribution in [2.75, 3.05) is 26.0 Å². The second-order valence-electron chi connectivity index (χ2n) is 4.40. The molecule has 0 fully saturated rings. The van der Waals surface area contributed by atoms with E-state index in [4.69, 9.17) is 11.6 Å². The van der Waals surface area contributed by atoms with Crippen LogP contribution in [0.1, 0.15) is 18.4 Å². The summed E-state index contributed by atoms with van der Waals surface area (Å²) in [6.07, 6.45) is 1.20. The number of aryl methyl sites for hydroxylation is 1. The number of benzene rings is 1. The Balaban J connectivity index is 2.45. The van der Waals surface area contributed by atoms with Crippen LogP contribution in [0.4, 0.5) is 10.1 Å². The Morgan fingerprint density at radius 1 is 1.44 bits per heavy atom. The lowest BCUT2D eigenvalue weighted by atomic mass is 10.2. The molecule has 1 rings (SSSR count). The van der Waals surface area contributed by atoms with Gasteiger partial charge in [-0.15, -0.1) is 0 Å². The highest BCUT2D eigenvalue weighted by Gasteiger charge is 2.06. The van der Waals surface area contributed by atoms with Gasteiger partial charge < -0.3 is 10.2 Å². The van der Waals surface area contributed by atoms with E-state index in [1.807, 2.05) is 0 Å². The van der Waals surface area contributed by atoms with Gasteiger partial charge in [-0.05, 0) is 31.0 Å². The molecule has 0 atom stereocenters. The van der Waals surface area contributed by atoms with E-state index >= 15 is 0 Å². The Kier molecular flexibility index (Phi) is 5.41. The van der Waals surface area contributed by atoms with Crippen LogP contribution in [0.5, 0.6) is 0 Å². The smallest absolute Gasteiger partial charge is 0.222 e. The SMILES string of the molecule is Cc1cc(NCCCC(=O)N(C)C)c(Cl)cc1F. The summed E-state index contributed by atoms with van der Waals surface area (Å²) in [5, 5.41) is 3.46. The van der Waals surface area contributed by atoms with E-state index in [9.17, 15) is 9.18 Å². The minimum atomic E-state index is -0.312. The summed E-state index contributed by atoms with van der Waals surface area (Å²) < 4.78 is 13.2. The number of hydrogen-bond donors (Lipinski definition) is 1. The van der Waals surface area contributed by atoms with Crippen LogP contribution in [0.15, 0.2) is 12.1 Å². The zero-order valence-electron chi connectivity index (χ0n) is 10.9. The molecule has 1 amide bonds. The standard InChI is InChI=1S/C13H18ClFN2O/c1-9-7-12(10(14)8-11(9)15)16-6-4-5-13(18)17(2)3/h7-8,16H,4-6H2,1-3H3. The number of carbonyl (C=O) groups excluding carboxylic acids is 1. The minimum absolute atomic E-state index is 0.0955. The van der Waals surface area contributed by atoms with E-state index in [0.29, 0.717) is 35.7 Å². The van der Waals surface area contributed by atoms with E-state index in [-0.39, 0.29) is 11.7 Å². The second kappa shape index (κ2) is 6.59. The second-order valence-corrected chi connectivity index (χ2v) is 4.81. The molecule has 0 aromatic heterocycles. The van der Waals surface area contributed by atoms with Crippen LogP contribution in [0.3, 0.4) is 0 Å². The molecule has 3 nitrogen and oxygen atoms in total. The molecule has 0 unspecified atom stereocenters. The van der Waals surface area contributed by atoms with Crippen molar-refractivity contribution in [3.05, 3.63) is 28.5 Å². The highest BCUT2D eigenvalue weighted by Crippen LogP contribution is 2.25. The van der Waals surface area contributed by atoms with Crippen LogP contribution >= 0.6 is 11.6 Å². The first kappa shape index (κ1) is 14.8. The van der Waals surface area contributed by atoms with Crippen LogP contribution < -0.4 is 5.32 Å². The Morgan fingerprint density at radius 3 is 2.72 bits per heavy atom. The topological polar surface area (TPSA) is 32.3 Å². The highest BCUT2D eigenvalue weighted by atomic mass is 35.5. The number of halogens is 2. The van der Waals surface area contributed by atoms with E-state index < -0.39 is 0 Å². The van der Waals surface area contributed by atoms with Crippen molar-refractivity contribution in [3.8, 4) is 0 Å². The zero-order chi connectivity index (χ0) is 13.7. The maximum atomic E-state index is 13.2. The Hall–Kier alpha value is -1.29. The molecule has 0 spiro atoms. The molecule has 0 saturated heterocycles. The van der Waals surface area contributed by atoms with E-state index in [0.717, 1.165) is 0 Å². The van der Waals surface area contributed by atoms with Gasteiger partial charge in [0.25, 0.3) is 0 Å². The van der Waals surface area contributed by atoms with Gasteiger partial charge in [-0.25, -0.2) is 4.39 Å². The molecule has 1 N–H and O–H groups in total. The van der Waals surface area contributed by atoms with Gasteiger partial charge in [0.05, 0.1) is 10.7 Å². The first-order valence-electron chi connectivity index (χ1n) is 5.81. The molecule has 100 valence electrons. The predicted octanol–water partition coefficient (Wildman–Crippen LogP) is 3.07. The van der Waals surface area contributed by atoms with Crippen LogP contribution in [0.25, 0.3) is 0 Å². The number of carbonyl (C=O) groups is 1. The summed E-state index contributed by atoms with van der Waals surface area (Å²) in [4.78, 5) is 12.9. The summed E-state index contributed by atoms with van der Waals surface area (Å²) in [6.45, 7) is 2.32. The van der Waals surface area contributed by atoms with Crippen molar-refractivity contribution in [3.63, 3.8) is 0 Å². The molecule has 0 aliphatic rings. The fraction of sp³-hybridized carbons (Fsp3) is 0.462. The van der Waals surface area contributed by atoms with Gasteiger partial charge in [0.2, 0.25) is 5.91 Å². The van der Waals surface area contributed by atoms with Crippen molar-refractivity contribution >= 4 is 23.2 Å². The van der Waals surface area contributed by atoms with Gasteiger partial charge in [-0.1, -0.05) is 11.6 Å².